The fourth-order valence-electron chi connectivity index (χ4n) is 1.70. The number of carbonyl (C=O) groups excluding carboxylic acids is 1. The smallest absolute Gasteiger partial charge is 0.266 e. The van der Waals surface area contributed by atoms with Gasteiger partial charge in [0.05, 0.1) is 11.6 Å². The van der Waals surface area contributed by atoms with E-state index in [1.54, 1.807) is 24.3 Å². The minimum atomic E-state index is -0.585. The van der Waals surface area contributed by atoms with Crippen molar-refractivity contribution < 1.29 is 9.18 Å². The average molecular weight is 291 g/mol. The van der Waals surface area contributed by atoms with Crippen LogP contribution in [0, 0.1) is 28.5 Å². The quantitative estimate of drug-likeness (QED) is 0.696. The van der Waals surface area contributed by atoms with E-state index in [1.165, 1.54) is 30.3 Å². The Balaban J connectivity index is 2.17. The highest BCUT2D eigenvalue weighted by Gasteiger charge is 2.09. The van der Waals surface area contributed by atoms with Crippen LogP contribution >= 0.6 is 0 Å². The van der Waals surface area contributed by atoms with Gasteiger partial charge in [-0.15, -0.1) is 0 Å². The minimum absolute atomic E-state index is 0.0889. The van der Waals surface area contributed by atoms with Crippen LogP contribution in [0.1, 0.15) is 11.1 Å². The van der Waals surface area contributed by atoms with Gasteiger partial charge in [0.25, 0.3) is 5.91 Å². The monoisotopic (exact) mass is 291 g/mol. The van der Waals surface area contributed by atoms with Gasteiger partial charge in [-0.05, 0) is 48.0 Å². The predicted molar refractivity (Wildman–Crippen MR) is 79.8 cm³/mol. The fraction of sp³-hybridized carbons (Fsp3) is 0. The number of amides is 1. The van der Waals surface area contributed by atoms with Crippen molar-refractivity contribution in [3.05, 3.63) is 71.0 Å². The highest BCUT2D eigenvalue weighted by molar-refractivity contribution is 6.09. The summed E-state index contributed by atoms with van der Waals surface area (Å²) >= 11 is 0. The zero-order valence-corrected chi connectivity index (χ0v) is 11.4. The lowest BCUT2D eigenvalue weighted by Crippen LogP contribution is -2.13. The van der Waals surface area contributed by atoms with Gasteiger partial charge in [-0.1, -0.05) is 12.1 Å². The van der Waals surface area contributed by atoms with Crippen molar-refractivity contribution in [3.8, 4) is 12.1 Å². The summed E-state index contributed by atoms with van der Waals surface area (Å²) in [6, 6.07) is 15.5. The Morgan fingerprint density at radius 3 is 2.23 bits per heavy atom. The summed E-state index contributed by atoms with van der Waals surface area (Å²) < 4.78 is 12.8. The SMILES string of the molecule is N#CC(=Cc1ccc(C#N)cc1)C(=O)Nc1ccc(F)cc1. The van der Waals surface area contributed by atoms with Gasteiger partial charge < -0.3 is 5.32 Å². The number of hydrogen-bond donors (Lipinski definition) is 1. The number of nitriles is 2. The lowest BCUT2D eigenvalue weighted by atomic mass is 10.1. The van der Waals surface area contributed by atoms with Crippen LogP contribution in [0.15, 0.2) is 54.1 Å². The third-order valence-electron chi connectivity index (χ3n) is 2.82. The number of hydrogen-bond acceptors (Lipinski definition) is 3. The van der Waals surface area contributed by atoms with Gasteiger partial charge >= 0.3 is 0 Å². The molecule has 22 heavy (non-hydrogen) atoms. The first-order valence-electron chi connectivity index (χ1n) is 6.31. The fourth-order valence-corrected chi connectivity index (χ4v) is 1.70. The molecule has 0 aliphatic carbocycles. The maximum absolute atomic E-state index is 12.8. The number of nitrogens with one attached hydrogen (secondary N) is 1. The number of benzene rings is 2. The van der Waals surface area contributed by atoms with Gasteiger partial charge in [-0.3, -0.25) is 4.79 Å². The molecular formula is C17H10FN3O. The van der Waals surface area contributed by atoms with Crippen molar-refractivity contribution >= 4 is 17.7 Å². The second kappa shape index (κ2) is 6.83. The van der Waals surface area contributed by atoms with E-state index in [1.807, 2.05) is 12.1 Å². The molecule has 5 heteroatoms. The highest BCUT2D eigenvalue weighted by Crippen LogP contribution is 2.12. The lowest BCUT2D eigenvalue weighted by molar-refractivity contribution is -0.112. The van der Waals surface area contributed by atoms with Gasteiger partial charge in [0.1, 0.15) is 17.5 Å². The van der Waals surface area contributed by atoms with E-state index < -0.39 is 11.7 Å². The second-order valence-corrected chi connectivity index (χ2v) is 4.36. The Kier molecular flexibility index (Phi) is 4.64. The minimum Gasteiger partial charge on any atom is -0.321 e. The summed E-state index contributed by atoms with van der Waals surface area (Å²) in [5.74, 6) is -0.995. The third-order valence-corrected chi connectivity index (χ3v) is 2.82. The molecule has 0 spiro atoms. The topological polar surface area (TPSA) is 76.7 Å². The summed E-state index contributed by atoms with van der Waals surface area (Å²) in [7, 11) is 0. The van der Waals surface area contributed by atoms with E-state index >= 15 is 0 Å². The molecule has 0 aromatic heterocycles. The molecule has 1 N–H and O–H groups in total. The average Bonchev–Trinajstić information content (AvgIpc) is 2.55. The Bertz CT molecular complexity index is 794. The maximum Gasteiger partial charge on any atom is 0.266 e. The van der Waals surface area contributed by atoms with Crippen molar-refractivity contribution in [1.29, 1.82) is 10.5 Å². The summed E-state index contributed by atoms with van der Waals surface area (Å²) in [6.45, 7) is 0. The van der Waals surface area contributed by atoms with Gasteiger partial charge in [-0.25, -0.2) is 4.39 Å². The normalized spacial score (nSPS) is 10.4. The molecule has 1 amide bonds. The van der Waals surface area contributed by atoms with Crippen molar-refractivity contribution in [2.75, 3.05) is 5.32 Å². The zero-order valence-electron chi connectivity index (χ0n) is 11.4. The van der Waals surface area contributed by atoms with Crippen molar-refractivity contribution in [2.45, 2.75) is 0 Å². The molecule has 0 bridgehead atoms. The van der Waals surface area contributed by atoms with Crippen LogP contribution in [-0.2, 0) is 4.79 Å². The van der Waals surface area contributed by atoms with Crippen LogP contribution in [0.2, 0.25) is 0 Å². The van der Waals surface area contributed by atoms with Crippen LogP contribution in [-0.4, -0.2) is 5.91 Å². The molecule has 2 aromatic rings. The van der Waals surface area contributed by atoms with Crippen LogP contribution < -0.4 is 5.32 Å². The van der Waals surface area contributed by atoms with Crippen molar-refractivity contribution in [2.24, 2.45) is 0 Å². The molecule has 0 unspecified atom stereocenters. The van der Waals surface area contributed by atoms with Crippen LogP contribution in [0.25, 0.3) is 6.08 Å². The van der Waals surface area contributed by atoms with E-state index in [0.717, 1.165) is 0 Å². The Morgan fingerprint density at radius 2 is 1.68 bits per heavy atom. The number of anilines is 1. The molecular weight excluding hydrogens is 281 g/mol. The number of rotatable bonds is 3. The van der Waals surface area contributed by atoms with Gasteiger partial charge in [-0.2, -0.15) is 10.5 Å². The summed E-state index contributed by atoms with van der Waals surface area (Å²) in [6.07, 6.45) is 1.42. The molecule has 0 aliphatic rings. The second-order valence-electron chi connectivity index (χ2n) is 4.36. The van der Waals surface area contributed by atoms with Crippen LogP contribution in [0.3, 0.4) is 0 Å². The van der Waals surface area contributed by atoms with E-state index in [-0.39, 0.29) is 5.57 Å². The molecule has 0 radical (unpaired) electrons. The standard InChI is InChI=1S/C17H10FN3O/c18-15-5-7-16(8-6-15)21-17(22)14(11-20)9-12-1-3-13(10-19)4-2-12/h1-9H,(H,21,22). The van der Waals surface area contributed by atoms with Crippen LogP contribution in [0.5, 0.6) is 0 Å². The summed E-state index contributed by atoms with van der Waals surface area (Å²) in [5.41, 5.74) is 1.43. The van der Waals surface area contributed by atoms with E-state index in [2.05, 4.69) is 5.32 Å². The Hall–Kier alpha value is -3.44. The number of nitrogens with zero attached hydrogens (tertiary/aromatic N) is 2. The first-order valence-corrected chi connectivity index (χ1v) is 6.31. The largest absolute Gasteiger partial charge is 0.321 e. The number of halogens is 1. The number of carbonyl (C=O) groups is 1. The molecule has 0 heterocycles. The van der Waals surface area contributed by atoms with E-state index in [9.17, 15) is 9.18 Å². The van der Waals surface area contributed by atoms with Gasteiger partial charge in [0.2, 0.25) is 0 Å². The molecule has 0 saturated heterocycles. The summed E-state index contributed by atoms with van der Waals surface area (Å²) in [5, 5.41) is 20.3. The van der Waals surface area contributed by atoms with E-state index in [0.29, 0.717) is 16.8 Å². The molecule has 0 aliphatic heterocycles. The van der Waals surface area contributed by atoms with E-state index in [4.69, 9.17) is 10.5 Å². The molecule has 0 atom stereocenters. The third kappa shape index (κ3) is 3.78. The zero-order chi connectivity index (χ0) is 15.9. The van der Waals surface area contributed by atoms with Crippen molar-refractivity contribution in [1.82, 2.24) is 0 Å². The molecule has 2 aromatic carbocycles. The Labute approximate surface area is 126 Å². The maximum atomic E-state index is 12.8. The van der Waals surface area contributed by atoms with Crippen molar-refractivity contribution in [3.63, 3.8) is 0 Å². The van der Waals surface area contributed by atoms with Gasteiger partial charge in [0, 0.05) is 5.69 Å². The summed E-state index contributed by atoms with van der Waals surface area (Å²) in [4.78, 5) is 12.0. The lowest BCUT2D eigenvalue weighted by Gasteiger charge is -2.04. The highest BCUT2D eigenvalue weighted by atomic mass is 19.1. The molecule has 0 fully saturated rings. The first-order chi connectivity index (χ1) is 10.6. The first kappa shape index (κ1) is 15.0. The van der Waals surface area contributed by atoms with Gasteiger partial charge in [0.15, 0.2) is 0 Å². The molecule has 4 nitrogen and oxygen atoms in total. The van der Waals surface area contributed by atoms with Crippen LogP contribution in [0.4, 0.5) is 10.1 Å². The molecule has 2 rings (SSSR count). The Morgan fingerprint density at radius 1 is 1.05 bits per heavy atom. The predicted octanol–water partition coefficient (Wildman–Crippen LogP) is 3.24. The molecule has 0 saturated carbocycles. The molecule has 106 valence electrons.